The normalized spacial score (nSPS) is 13.4. The molecule has 0 radical (unpaired) electrons. The maximum Gasteiger partial charge on any atom is 0.257 e. The quantitative estimate of drug-likeness (QED) is 0.753. The van der Waals surface area contributed by atoms with Crippen LogP contribution in [0.25, 0.3) is 0 Å². The second kappa shape index (κ2) is 4.31. The van der Waals surface area contributed by atoms with E-state index in [-0.39, 0.29) is 12.5 Å². The van der Waals surface area contributed by atoms with Crippen molar-refractivity contribution in [3.63, 3.8) is 0 Å². The van der Waals surface area contributed by atoms with Crippen LogP contribution in [0.4, 0.5) is 0 Å². The van der Waals surface area contributed by atoms with E-state index in [1.165, 1.54) is 11.1 Å². The van der Waals surface area contributed by atoms with Gasteiger partial charge in [-0.3, -0.25) is 4.79 Å². The average Bonchev–Trinajstić information content (AvgIpc) is 2.72. The van der Waals surface area contributed by atoms with Gasteiger partial charge in [0.05, 0.1) is 0 Å². The van der Waals surface area contributed by atoms with Gasteiger partial charge in [0.2, 0.25) is 0 Å². The summed E-state index contributed by atoms with van der Waals surface area (Å²) >= 11 is 0. The molecule has 1 aromatic carbocycles. The molecule has 0 fully saturated rings. The highest BCUT2D eigenvalue weighted by Crippen LogP contribution is 2.21. The predicted molar refractivity (Wildman–Crippen MR) is 56.5 cm³/mol. The Hall–Kier alpha value is -1.55. The minimum atomic E-state index is -0.117. The highest BCUT2D eigenvalue weighted by atomic mass is 16.5. The lowest BCUT2D eigenvalue weighted by atomic mass is 10.1. The van der Waals surface area contributed by atoms with Gasteiger partial charge in [-0.2, -0.15) is 0 Å². The van der Waals surface area contributed by atoms with Gasteiger partial charge < -0.3 is 15.4 Å². The van der Waals surface area contributed by atoms with Crippen molar-refractivity contribution in [2.24, 2.45) is 0 Å². The fourth-order valence-corrected chi connectivity index (χ4v) is 1.58. The monoisotopic (exact) mass is 206 g/mol. The maximum atomic E-state index is 11.0. The summed E-state index contributed by atoms with van der Waals surface area (Å²) in [5.74, 6) is 0.634. The molecule has 80 valence electrons. The SMILES string of the molecule is CNC(=O)COc1ccc2c(c1)CNC2. The summed E-state index contributed by atoms with van der Waals surface area (Å²) in [6, 6.07) is 5.92. The third-order valence-corrected chi connectivity index (χ3v) is 2.46. The lowest BCUT2D eigenvalue weighted by Gasteiger charge is -2.06. The summed E-state index contributed by atoms with van der Waals surface area (Å²) in [6.07, 6.45) is 0. The van der Waals surface area contributed by atoms with E-state index in [9.17, 15) is 4.79 Å². The first-order chi connectivity index (χ1) is 7.29. The lowest BCUT2D eigenvalue weighted by molar-refractivity contribution is -0.122. The second-order valence-electron chi connectivity index (χ2n) is 3.50. The Morgan fingerprint density at radius 2 is 2.27 bits per heavy atom. The number of carbonyl (C=O) groups is 1. The zero-order valence-electron chi connectivity index (χ0n) is 8.67. The van der Waals surface area contributed by atoms with Crippen molar-refractivity contribution < 1.29 is 9.53 Å². The molecule has 2 N–H and O–H groups in total. The largest absolute Gasteiger partial charge is 0.484 e. The van der Waals surface area contributed by atoms with Crippen LogP contribution in [0.15, 0.2) is 18.2 Å². The Morgan fingerprint density at radius 3 is 3.07 bits per heavy atom. The van der Waals surface area contributed by atoms with Crippen LogP contribution in [0.3, 0.4) is 0 Å². The van der Waals surface area contributed by atoms with Gasteiger partial charge in [0.1, 0.15) is 5.75 Å². The first kappa shape index (κ1) is 9.98. The van der Waals surface area contributed by atoms with Gasteiger partial charge >= 0.3 is 0 Å². The number of fused-ring (bicyclic) bond motifs is 1. The van der Waals surface area contributed by atoms with Crippen LogP contribution in [-0.2, 0) is 17.9 Å². The Kier molecular flexibility index (Phi) is 2.87. The summed E-state index contributed by atoms with van der Waals surface area (Å²) in [6.45, 7) is 1.88. The molecule has 0 bridgehead atoms. The molecular formula is C11H14N2O2. The molecule has 15 heavy (non-hydrogen) atoms. The topological polar surface area (TPSA) is 50.4 Å². The first-order valence-corrected chi connectivity index (χ1v) is 4.95. The molecule has 1 amide bonds. The lowest BCUT2D eigenvalue weighted by Crippen LogP contribution is -2.24. The van der Waals surface area contributed by atoms with Crippen molar-refractivity contribution in [1.29, 1.82) is 0 Å². The van der Waals surface area contributed by atoms with E-state index in [1.54, 1.807) is 7.05 Å². The number of benzene rings is 1. The molecule has 4 heteroatoms. The molecule has 0 spiro atoms. The van der Waals surface area contributed by atoms with E-state index < -0.39 is 0 Å². The van der Waals surface area contributed by atoms with Gasteiger partial charge in [-0.25, -0.2) is 0 Å². The number of hydrogen-bond donors (Lipinski definition) is 2. The molecule has 1 aliphatic rings. The van der Waals surface area contributed by atoms with Crippen molar-refractivity contribution in [2.45, 2.75) is 13.1 Å². The fraction of sp³-hybridized carbons (Fsp3) is 0.364. The fourth-order valence-electron chi connectivity index (χ4n) is 1.58. The van der Waals surface area contributed by atoms with E-state index >= 15 is 0 Å². The first-order valence-electron chi connectivity index (χ1n) is 4.95. The molecule has 0 atom stereocenters. The minimum Gasteiger partial charge on any atom is -0.484 e. The number of likely N-dealkylation sites (N-methyl/N-ethyl adjacent to an activating group) is 1. The van der Waals surface area contributed by atoms with Crippen LogP contribution < -0.4 is 15.4 Å². The summed E-state index contributed by atoms with van der Waals surface area (Å²) < 4.78 is 5.34. The molecule has 2 rings (SSSR count). The Labute approximate surface area is 88.6 Å². The van der Waals surface area contributed by atoms with Gasteiger partial charge in [0.25, 0.3) is 5.91 Å². The number of rotatable bonds is 3. The Bertz CT molecular complexity index is 377. The molecule has 1 heterocycles. The van der Waals surface area contributed by atoms with Crippen molar-refractivity contribution in [3.8, 4) is 5.75 Å². The van der Waals surface area contributed by atoms with Crippen LogP contribution in [0.1, 0.15) is 11.1 Å². The van der Waals surface area contributed by atoms with Crippen molar-refractivity contribution >= 4 is 5.91 Å². The molecule has 1 aromatic rings. The number of nitrogens with one attached hydrogen (secondary N) is 2. The third kappa shape index (κ3) is 2.27. The highest BCUT2D eigenvalue weighted by Gasteiger charge is 2.10. The van der Waals surface area contributed by atoms with Crippen molar-refractivity contribution in [3.05, 3.63) is 29.3 Å². The molecule has 1 aliphatic heterocycles. The molecule has 0 saturated carbocycles. The van der Waals surface area contributed by atoms with Crippen LogP contribution in [0.5, 0.6) is 5.75 Å². The van der Waals surface area contributed by atoms with Crippen molar-refractivity contribution in [2.75, 3.05) is 13.7 Å². The van der Waals surface area contributed by atoms with E-state index in [0.717, 1.165) is 18.8 Å². The Balaban J connectivity index is 2.01. The van der Waals surface area contributed by atoms with E-state index in [2.05, 4.69) is 10.6 Å². The van der Waals surface area contributed by atoms with Gasteiger partial charge in [-0.15, -0.1) is 0 Å². The minimum absolute atomic E-state index is 0.0721. The van der Waals surface area contributed by atoms with Gasteiger partial charge in [-0.1, -0.05) is 6.07 Å². The van der Waals surface area contributed by atoms with E-state index in [4.69, 9.17) is 4.74 Å². The zero-order chi connectivity index (χ0) is 10.7. The predicted octanol–water partition coefficient (Wildman–Crippen LogP) is 0.415. The number of hydrogen-bond acceptors (Lipinski definition) is 3. The van der Waals surface area contributed by atoms with Crippen LogP contribution in [0.2, 0.25) is 0 Å². The molecule has 0 saturated heterocycles. The number of carbonyl (C=O) groups excluding carboxylic acids is 1. The summed E-state index contributed by atoms with van der Waals surface area (Å²) in [7, 11) is 1.60. The summed E-state index contributed by atoms with van der Waals surface area (Å²) in [5, 5.41) is 5.77. The third-order valence-electron chi connectivity index (χ3n) is 2.46. The smallest absolute Gasteiger partial charge is 0.257 e. The maximum absolute atomic E-state index is 11.0. The van der Waals surface area contributed by atoms with Gasteiger partial charge in [0.15, 0.2) is 6.61 Å². The second-order valence-corrected chi connectivity index (χ2v) is 3.50. The van der Waals surface area contributed by atoms with Gasteiger partial charge in [-0.05, 0) is 23.3 Å². The van der Waals surface area contributed by atoms with Crippen molar-refractivity contribution in [1.82, 2.24) is 10.6 Å². The number of ether oxygens (including phenoxy) is 1. The average molecular weight is 206 g/mol. The zero-order valence-corrected chi connectivity index (χ0v) is 8.67. The van der Waals surface area contributed by atoms with Gasteiger partial charge in [0, 0.05) is 20.1 Å². The standard InChI is InChI=1S/C11H14N2O2/c1-12-11(14)7-15-10-3-2-8-5-13-6-9(8)4-10/h2-4,13H,5-7H2,1H3,(H,12,14). The highest BCUT2D eigenvalue weighted by molar-refractivity contribution is 5.77. The summed E-state index contributed by atoms with van der Waals surface area (Å²) in [5.41, 5.74) is 2.56. The van der Waals surface area contributed by atoms with E-state index in [0.29, 0.717) is 0 Å². The van der Waals surface area contributed by atoms with Crippen LogP contribution >= 0.6 is 0 Å². The van der Waals surface area contributed by atoms with Crippen LogP contribution in [-0.4, -0.2) is 19.6 Å². The molecule has 0 unspecified atom stereocenters. The van der Waals surface area contributed by atoms with E-state index in [1.807, 2.05) is 18.2 Å². The molecular weight excluding hydrogens is 192 g/mol. The molecule has 4 nitrogen and oxygen atoms in total. The Morgan fingerprint density at radius 1 is 1.47 bits per heavy atom. The molecule has 0 aromatic heterocycles. The van der Waals surface area contributed by atoms with Crippen LogP contribution in [0, 0.1) is 0 Å². The summed E-state index contributed by atoms with van der Waals surface area (Å²) in [4.78, 5) is 11.0. The number of amides is 1. The molecule has 0 aliphatic carbocycles.